The second-order valence-electron chi connectivity index (χ2n) is 24.8. The van der Waals surface area contributed by atoms with Gasteiger partial charge in [-0.2, -0.15) is 0 Å². The highest BCUT2D eigenvalue weighted by Crippen LogP contribution is 2.51. The fourth-order valence-electron chi connectivity index (χ4n) is 13.2. The normalized spacial score (nSPS) is 23.7. The Morgan fingerprint density at radius 2 is 0.976 bits per heavy atom. The maximum absolute atomic E-state index is 14.2. The number of aromatic nitrogens is 18. The number of halogens is 1. The van der Waals surface area contributed by atoms with Gasteiger partial charge in [-0.1, -0.05) is 0 Å². The Morgan fingerprint density at radius 1 is 0.494 bits per heavy atom. The Bertz CT molecular complexity index is 4040. The quantitative estimate of drug-likeness (QED) is 0.152. The second-order valence-corrected chi connectivity index (χ2v) is 24.8. The first-order valence-electron chi connectivity index (χ1n) is 29.7. The molecule has 3 aliphatic carbocycles. The molecule has 0 radical (unpaired) electrons. The van der Waals surface area contributed by atoms with Crippen molar-refractivity contribution >= 4 is 63.0 Å². The number of nitrogens with zero attached hydrogens (tertiary/aromatic N) is 20. The van der Waals surface area contributed by atoms with Gasteiger partial charge in [0.15, 0.2) is 57.1 Å². The van der Waals surface area contributed by atoms with Crippen LogP contribution in [0.1, 0.15) is 121 Å². The Labute approximate surface area is 488 Å². The number of alkyl halides is 1. The van der Waals surface area contributed by atoms with Crippen LogP contribution in [-0.4, -0.2) is 140 Å². The van der Waals surface area contributed by atoms with Crippen molar-refractivity contribution in [1.82, 2.24) is 88.5 Å². The maximum atomic E-state index is 14.2. The molecule has 3 saturated carbocycles. The average Bonchev–Trinajstić information content (AvgIpc) is 2.48. The van der Waals surface area contributed by atoms with Gasteiger partial charge in [-0.3, -0.25) is 0 Å². The Hall–Kier alpha value is -8.30. The molecule has 2 unspecified atom stereocenters. The summed E-state index contributed by atoms with van der Waals surface area (Å²) < 4.78 is 38.9. The predicted molar refractivity (Wildman–Crippen MR) is 313 cm³/mol. The number of hydrogen-bond donors (Lipinski definition) is 3. The van der Waals surface area contributed by atoms with Gasteiger partial charge in [-0.25, -0.2) is 79.2 Å². The van der Waals surface area contributed by atoms with E-state index >= 15 is 0 Å². The Kier molecular flexibility index (Phi) is 12.7. The molecule has 0 spiro atoms. The number of hydrogen-bond acceptors (Lipinski definition) is 23. The van der Waals surface area contributed by atoms with Crippen molar-refractivity contribution in [2.45, 2.75) is 147 Å². The third-order valence-electron chi connectivity index (χ3n) is 18.0. The lowest BCUT2D eigenvalue weighted by Gasteiger charge is -2.34. The highest BCUT2D eigenvalue weighted by Gasteiger charge is 2.50. The smallest absolute Gasteiger partial charge is 0.219 e. The highest BCUT2D eigenvalue weighted by molar-refractivity contribution is 5.88. The minimum Gasteiger partial charge on any atom is -0.368 e. The van der Waals surface area contributed by atoms with E-state index in [2.05, 4.69) is 74.2 Å². The first-order valence-corrected chi connectivity index (χ1v) is 29.7. The number of piperidine rings is 1. The van der Waals surface area contributed by atoms with Gasteiger partial charge in [-0.15, -0.1) is 0 Å². The molecule has 9 aromatic heterocycles. The van der Waals surface area contributed by atoms with Crippen molar-refractivity contribution in [2.24, 2.45) is 11.8 Å². The molecule has 26 nitrogen and oxygen atoms in total. The molecule has 6 N–H and O–H groups in total. The summed E-state index contributed by atoms with van der Waals surface area (Å²) in [6, 6.07) is 0.140. The van der Waals surface area contributed by atoms with Crippen molar-refractivity contribution in [3.05, 3.63) is 60.3 Å². The van der Waals surface area contributed by atoms with E-state index in [4.69, 9.17) is 76.3 Å². The lowest BCUT2D eigenvalue weighted by molar-refractivity contribution is -0.0829. The van der Waals surface area contributed by atoms with E-state index in [1.54, 1.807) is 37.2 Å². The summed E-state index contributed by atoms with van der Waals surface area (Å²) in [4.78, 5) is 73.2. The van der Waals surface area contributed by atoms with Crippen LogP contribution in [0.2, 0.25) is 0 Å². The average molecular weight is 1150 g/mol. The largest absolute Gasteiger partial charge is 0.368 e. The van der Waals surface area contributed by atoms with Gasteiger partial charge in [0.1, 0.15) is 46.0 Å². The van der Waals surface area contributed by atoms with Gasteiger partial charge in [0.2, 0.25) is 17.8 Å². The number of anilines is 5. The highest BCUT2D eigenvalue weighted by atomic mass is 19.1. The number of fused-ring (bicyclic) bond motifs is 11. The van der Waals surface area contributed by atoms with E-state index in [-0.39, 0.29) is 35.4 Å². The van der Waals surface area contributed by atoms with Crippen LogP contribution in [0.5, 0.6) is 0 Å². The second kappa shape index (κ2) is 20.2. The van der Waals surface area contributed by atoms with Gasteiger partial charge in [-0.05, 0) is 98.3 Å². The van der Waals surface area contributed by atoms with E-state index in [9.17, 15) is 4.39 Å². The van der Waals surface area contributed by atoms with E-state index in [1.807, 2.05) is 13.8 Å². The first-order chi connectivity index (χ1) is 41.1. The molecule has 4 atom stereocenters. The fraction of sp³-hybridized carbons (Fsp3) is 0.534. The SMILES string of the molecule is CC1(C)OCCCn2c1nc1c(N3CCCC3)nc(-c3cnc(N)nc3)nc12.CC1(C)OCCn2c1nc1c(N3CC4CC3C[C@H]4F)nc(-c3cnc(N)nc3)nc12.C[C@]1(C2CC2)OCCn2c1nc1c(C3CC3)nc(-c3cnc(N)nc3)nc12. The molecule has 17 rings (SSSR count). The topological polar surface area (TPSA) is 320 Å². The molecule has 0 amide bonds. The third kappa shape index (κ3) is 9.44. The van der Waals surface area contributed by atoms with Crippen molar-refractivity contribution in [3.8, 4) is 34.2 Å². The van der Waals surface area contributed by atoms with Crippen LogP contribution in [0.15, 0.2) is 37.2 Å². The number of rotatable bonds is 7. The lowest BCUT2D eigenvalue weighted by Crippen LogP contribution is -2.38. The molecule has 5 aliphatic heterocycles. The number of nitrogen functional groups attached to an aromatic ring is 3. The first kappa shape index (κ1) is 53.4. The molecule has 2 bridgehead atoms. The lowest BCUT2D eigenvalue weighted by atomic mass is 9.98. The van der Waals surface area contributed by atoms with E-state index in [0.29, 0.717) is 74.2 Å². The monoisotopic (exact) mass is 1150 g/mol. The van der Waals surface area contributed by atoms with Gasteiger partial charge < -0.3 is 54.9 Å². The van der Waals surface area contributed by atoms with Crippen molar-refractivity contribution in [2.75, 3.05) is 66.5 Å². The van der Waals surface area contributed by atoms with Crippen LogP contribution < -0.4 is 27.0 Å². The molecule has 9 aromatic rings. The van der Waals surface area contributed by atoms with E-state index in [1.165, 1.54) is 12.8 Å². The zero-order chi connectivity index (χ0) is 58.1. The minimum absolute atomic E-state index is 0.0559. The van der Waals surface area contributed by atoms with Crippen LogP contribution in [0.4, 0.5) is 33.9 Å². The molecule has 85 heavy (non-hydrogen) atoms. The zero-order valence-corrected chi connectivity index (χ0v) is 48.4. The van der Waals surface area contributed by atoms with Crippen LogP contribution >= 0.6 is 0 Å². The molecule has 14 heterocycles. The standard InChI is InChI=1S/C20H23FN8O.C19H24N8O.C19H21N7O/c1-20(2)18-25-14-16(28(18)3-4-30-20)26-15(11-7-23-19(22)24-8-11)27-17(14)29-9-10-5-12(29)6-13(10)21;1-19(2)17-23-13-15(26-6-3-4-7-26)24-14(12-10-21-18(20)22-11-12)25-16(13)27(17)8-5-9-28-19;1-19(12-4-5-12)17-24-14-13(10-2-3-10)23-15(11-8-21-18(20)22-9-11)25-16(14)26(17)6-7-27-19/h7-8,10,12-13H,3-6,9H2,1-2H3,(H2,22,23,24);10-11H,3-9H2,1-2H3,(H2,20,21,22);8-10,12H,2-7H2,1H3,(H2,20,21,22)/t10?,12?,13-;;19-/m1.1/s1. The number of imidazole rings is 3. The van der Waals surface area contributed by atoms with Gasteiger partial charge in [0.05, 0.1) is 35.6 Å². The summed E-state index contributed by atoms with van der Waals surface area (Å²) in [6.45, 7) is 17.2. The van der Waals surface area contributed by atoms with Crippen molar-refractivity contribution in [3.63, 3.8) is 0 Å². The Morgan fingerprint density at radius 3 is 1.51 bits per heavy atom. The zero-order valence-electron chi connectivity index (χ0n) is 48.4. The summed E-state index contributed by atoms with van der Waals surface area (Å²) in [6.07, 6.45) is 18.6. The van der Waals surface area contributed by atoms with Crippen molar-refractivity contribution in [1.29, 1.82) is 0 Å². The molecular formula is C58H68FN23O3. The number of nitrogens with two attached hydrogens (primary N) is 3. The fourth-order valence-corrected chi connectivity index (χ4v) is 13.2. The maximum Gasteiger partial charge on any atom is 0.219 e. The van der Waals surface area contributed by atoms with Crippen LogP contribution in [-0.2, 0) is 50.6 Å². The predicted octanol–water partition coefficient (Wildman–Crippen LogP) is 6.59. The van der Waals surface area contributed by atoms with Crippen LogP contribution in [0, 0.1) is 11.8 Å². The van der Waals surface area contributed by atoms with Gasteiger partial charge in [0, 0.05) is 101 Å². The molecule has 0 aromatic carbocycles. The summed E-state index contributed by atoms with van der Waals surface area (Å²) in [5.74, 6) is 7.90. The van der Waals surface area contributed by atoms with E-state index < -0.39 is 17.4 Å². The molecular weight excluding hydrogens is 1090 g/mol. The third-order valence-corrected chi connectivity index (χ3v) is 18.0. The summed E-state index contributed by atoms with van der Waals surface area (Å²) >= 11 is 0. The minimum atomic E-state index is -0.726. The molecule has 8 aliphatic rings. The van der Waals surface area contributed by atoms with Crippen LogP contribution in [0.25, 0.3) is 67.7 Å². The number of ether oxygens (including phenoxy) is 3. The van der Waals surface area contributed by atoms with Gasteiger partial charge in [0.25, 0.3) is 0 Å². The summed E-state index contributed by atoms with van der Waals surface area (Å²) in [5.41, 5.74) is 23.9. The molecule has 27 heteroatoms. The molecule has 2 saturated heterocycles. The summed E-state index contributed by atoms with van der Waals surface area (Å²) in [5, 5.41) is 0. The summed E-state index contributed by atoms with van der Waals surface area (Å²) in [7, 11) is 0. The van der Waals surface area contributed by atoms with Crippen molar-refractivity contribution < 1.29 is 18.6 Å². The Balaban J connectivity index is 0.000000108. The molecule has 5 fully saturated rings. The molecule has 440 valence electrons. The van der Waals surface area contributed by atoms with Gasteiger partial charge >= 0.3 is 0 Å². The number of aryl methyl sites for hydroxylation is 1. The van der Waals surface area contributed by atoms with E-state index in [0.717, 1.165) is 144 Å². The van der Waals surface area contributed by atoms with Crippen LogP contribution in [0.3, 0.4) is 0 Å².